The Kier molecular flexibility index (Phi) is 6.57. The lowest BCUT2D eigenvalue weighted by Crippen LogP contribution is -2.20. The standard InChI is InChI=1S/C16H14BrCl2NO3/c1-2-22-12-5-3-11(4-6-12)20-15(21)9-23-16-13(17)7-10(18)8-14(16)19/h3-8H,2,9H2,1H3,(H,20,21). The van der Waals surface area contributed by atoms with E-state index in [1.54, 1.807) is 36.4 Å². The van der Waals surface area contributed by atoms with Crippen molar-refractivity contribution in [1.82, 2.24) is 0 Å². The van der Waals surface area contributed by atoms with Crippen LogP contribution in [0.4, 0.5) is 5.69 Å². The van der Waals surface area contributed by atoms with Crippen molar-refractivity contribution in [3.63, 3.8) is 0 Å². The molecule has 7 heteroatoms. The Bertz CT molecular complexity index is 669. The maximum absolute atomic E-state index is 11.9. The van der Waals surface area contributed by atoms with Gasteiger partial charge in [-0.3, -0.25) is 4.79 Å². The number of ether oxygens (including phenoxy) is 2. The first-order valence-corrected chi connectivity index (χ1v) is 8.34. The van der Waals surface area contributed by atoms with E-state index in [9.17, 15) is 4.79 Å². The number of anilines is 1. The van der Waals surface area contributed by atoms with Crippen molar-refractivity contribution >= 4 is 50.7 Å². The first kappa shape index (κ1) is 17.9. The van der Waals surface area contributed by atoms with Crippen molar-refractivity contribution < 1.29 is 14.3 Å². The zero-order valence-electron chi connectivity index (χ0n) is 12.2. The van der Waals surface area contributed by atoms with Crippen molar-refractivity contribution in [2.45, 2.75) is 6.92 Å². The highest BCUT2D eigenvalue weighted by Gasteiger charge is 2.11. The zero-order chi connectivity index (χ0) is 16.8. The maximum Gasteiger partial charge on any atom is 0.262 e. The predicted octanol–water partition coefficient (Wildman–Crippen LogP) is 5.17. The third-order valence-electron chi connectivity index (χ3n) is 2.76. The molecule has 0 aliphatic rings. The van der Waals surface area contributed by atoms with E-state index in [2.05, 4.69) is 21.2 Å². The number of amides is 1. The Morgan fingerprint density at radius 3 is 2.48 bits per heavy atom. The van der Waals surface area contributed by atoms with Gasteiger partial charge in [0, 0.05) is 10.7 Å². The smallest absolute Gasteiger partial charge is 0.262 e. The normalized spacial score (nSPS) is 10.3. The van der Waals surface area contributed by atoms with E-state index in [1.165, 1.54) is 0 Å². The third-order valence-corrected chi connectivity index (χ3v) is 3.85. The van der Waals surface area contributed by atoms with Gasteiger partial charge >= 0.3 is 0 Å². The molecule has 0 saturated carbocycles. The molecule has 1 N–H and O–H groups in total. The molecule has 0 saturated heterocycles. The number of benzene rings is 2. The zero-order valence-corrected chi connectivity index (χ0v) is 15.3. The molecule has 0 spiro atoms. The van der Waals surface area contributed by atoms with Gasteiger partial charge in [0.1, 0.15) is 5.75 Å². The van der Waals surface area contributed by atoms with Crippen LogP contribution in [0.2, 0.25) is 10.0 Å². The summed E-state index contributed by atoms with van der Waals surface area (Å²) >= 11 is 15.2. The van der Waals surface area contributed by atoms with E-state index in [1.807, 2.05) is 6.92 Å². The van der Waals surface area contributed by atoms with Crippen molar-refractivity contribution in [3.05, 3.63) is 50.9 Å². The summed E-state index contributed by atoms with van der Waals surface area (Å²) in [6, 6.07) is 10.3. The van der Waals surface area contributed by atoms with E-state index < -0.39 is 0 Å². The van der Waals surface area contributed by atoms with Gasteiger partial charge < -0.3 is 14.8 Å². The van der Waals surface area contributed by atoms with Crippen LogP contribution >= 0.6 is 39.1 Å². The summed E-state index contributed by atoms with van der Waals surface area (Å²) in [5, 5.41) is 3.54. The van der Waals surface area contributed by atoms with Crippen LogP contribution in [0, 0.1) is 0 Å². The van der Waals surface area contributed by atoms with Crippen LogP contribution < -0.4 is 14.8 Å². The van der Waals surface area contributed by atoms with Gasteiger partial charge in [0.05, 0.1) is 16.1 Å². The minimum absolute atomic E-state index is 0.173. The van der Waals surface area contributed by atoms with E-state index in [-0.39, 0.29) is 12.5 Å². The Balaban J connectivity index is 1.93. The number of rotatable bonds is 6. The highest BCUT2D eigenvalue weighted by Crippen LogP contribution is 2.36. The number of hydrogen-bond acceptors (Lipinski definition) is 3. The Morgan fingerprint density at radius 1 is 1.17 bits per heavy atom. The molecule has 2 rings (SSSR count). The average Bonchev–Trinajstić information content (AvgIpc) is 2.48. The summed E-state index contributed by atoms with van der Waals surface area (Å²) in [6.07, 6.45) is 0. The minimum Gasteiger partial charge on any atom is -0.494 e. The van der Waals surface area contributed by atoms with Crippen LogP contribution in [-0.2, 0) is 4.79 Å². The van der Waals surface area contributed by atoms with Gasteiger partial charge in [0.15, 0.2) is 12.4 Å². The highest BCUT2D eigenvalue weighted by molar-refractivity contribution is 9.10. The molecular formula is C16H14BrCl2NO3. The van der Waals surface area contributed by atoms with E-state index >= 15 is 0 Å². The molecule has 122 valence electrons. The summed E-state index contributed by atoms with van der Waals surface area (Å²) < 4.78 is 11.4. The van der Waals surface area contributed by atoms with Crippen LogP contribution in [0.3, 0.4) is 0 Å². The summed E-state index contributed by atoms with van der Waals surface area (Å²) in [5.41, 5.74) is 0.656. The lowest BCUT2D eigenvalue weighted by atomic mass is 10.3. The molecule has 0 aliphatic carbocycles. The molecule has 1 amide bonds. The van der Waals surface area contributed by atoms with Gasteiger partial charge in [-0.15, -0.1) is 0 Å². The van der Waals surface area contributed by atoms with Gasteiger partial charge in [-0.25, -0.2) is 0 Å². The Labute approximate surface area is 152 Å². The Morgan fingerprint density at radius 2 is 1.87 bits per heavy atom. The molecule has 0 radical (unpaired) electrons. The molecule has 2 aromatic carbocycles. The van der Waals surface area contributed by atoms with Gasteiger partial charge in [-0.1, -0.05) is 23.2 Å². The fourth-order valence-electron chi connectivity index (χ4n) is 1.80. The fraction of sp³-hybridized carbons (Fsp3) is 0.188. The number of nitrogens with one attached hydrogen (secondary N) is 1. The van der Waals surface area contributed by atoms with Crippen molar-refractivity contribution in [2.75, 3.05) is 18.5 Å². The quantitative estimate of drug-likeness (QED) is 0.703. The molecule has 0 aliphatic heterocycles. The van der Waals surface area contributed by atoms with Gasteiger partial charge in [-0.05, 0) is 59.3 Å². The van der Waals surface area contributed by atoms with Crippen molar-refractivity contribution in [2.24, 2.45) is 0 Å². The molecule has 0 heterocycles. The number of carbonyl (C=O) groups excluding carboxylic acids is 1. The van der Waals surface area contributed by atoms with Crippen LogP contribution in [0.5, 0.6) is 11.5 Å². The number of halogens is 3. The SMILES string of the molecule is CCOc1ccc(NC(=O)COc2c(Cl)cc(Cl)cc2Br)cc1. The van der Waals surface area contributed by atoms with Gasteiger partial charge in [0.25, 0.3) is 5.91 Å². The van der Waals surface area contributed by atoms with E-state index in [0.29, 0.717) is 32.6 Å². The molecule has 0 atom stereocenters. The summed E-state index contributed by atoms with van der Waals surface area (Å²) in [6.45, 7) is 2.33. The molecule has 4 nitrogen and oxygen atoms in total. The van der Waals surface area contributed by atoms with Gasteiger partial charge in [-0.2, -0.15) is 0 Å². The highest BCUT2D eigenvalue weighted by atomic mass is 79.9. The van der Waals surface area contributed by atoms with Crippen LogP contribution in [0.15, 0.2) is 40.9 Å². The third kappa shape index (κ3) is 5.30. The fourth-order valence-corrected chi connectivity index (χ4v) is 3.17. The second-order valence-electron chi connectivity index (χ2n) is 4.49. The molecule has 23 heavy (non-hydrogen) atoms. The second kappa shape index (κ2) is 8.43. The van der Waals surface area contributed by atoms with Crippen LogP contribution in [-0.4, -0.2) is 19.1 Å². The topological polar surface area (TPSA) is 47.6 Å². The second-order valence-corrected chi connectivity index (χ2v) is 6.19. The first-order valence-electron chi connectivity index (χ1n) is 6.79. The first-order chi connectivity index (χ1) is 11.0. The molecule has 0 bridgehead atoms. The van der Waals surface area contributed by atoms with Crippen LogP contribution in [0.25, 0.3) is 0 Å². The van der Waals surface area contributed by atoms with E-state index in [4.69, 9.17) is 32.7 Å². The Hall–Kier alpha value is -1.43. The molecular weight excluding hydrogens is 405 g/mol. The average molecular weight is 419 g/mol. The molecule has 0 unspecified atom stereocenters. The maximum atomic E-state index is 11.9. The van der Waals surface area contributed by atoms with Crippen LogP contribution in [0.1, 0.15) is 6.92 Å². The lowest BCUT2D eigenvalue weighted by Gasteiger charge is -2.11. The number of hydrogen-bond donors (Lipinski definition) is 1. The largest absolute Gasteiger partial charge is 0.494 e. The minimum atomic E-state index is -0.299. The summed E-state index contributed by atoms with van der Waals surface area (Å²) in [4.78, 5) is 11.9. The molecule has 0 aromatic heterocycles. The van der Waals surface area contributed by atoms with Crippen molar-refractivity contribution in [3.8, 4) is 11.5 Å². The summed E-state index contributed by atoms with van der Waals surface area (Å²) in [5.74, 6) is 0.823. The molecule has 2 aromatic rings. The molecule has 0 fully saturated rings. The van der Waals surface area contributed by atoms with E-state index in [0.717, 1.165) is 5.75 Å². The summed E-state index contributed by atoms with van der Waals surface area (Å²) in [7, 11) is 0. The van der Waals surface area contributed by atoms with Crippen molar-refractivity contribution in [1.29, 1.82) is 0 Å². The monoisotopic (exact) mass is 417 g/mol. The van der Waals surface area contributed by atoms with Gasteiger partial charge in [0.2, 0.25) is 0 Å². The number of carbonyl (C=O) groups is 1. The lowest BCUT2D eigenvalue weighted by molar-refractivity contribution is -0.118. The predicted molar refractivity (Wildman–Crippen MR) is 95.9 cm³/mol.